The van der Waals surface area contributed by atoms with E-state index in [4.69, 9.17) is 20.0 Å². The van der Waals surface area contributed by atoms with Crippen LogP contribution in [0.3, 0.4) is 0 Å². The zero-order chi connectivity index (χ0) is 31.3. The maximum atomic E-state index is 14.2. The smallest absolute Gasteiger partial charge is 0.335 e. The molecular formula is C33H32FN7O3S. The number of carboxylic acids is 1. The standard InChI is InChI=1S/C33H32FN7O3S/c1-2-40-21-36-17-25(40)18-41-29-15-23(33(42)43)7-8-28(29)38-31(41)19-39-12-10-26(11-13-39)45-32-5-3-4-24(37-32)20-44-30-9-6-22(16-35)14-27(30)34/h3-9,14-15,17,21,26H,2,10-13,18-20H2,1H3,(H,42,43). The van der Waals surface area contributed by atoms with E-state index < -0.39 is 11.8 Å². The van der Waals surface area contributed by atoms with Gasteiger partial charge in [0.25, 0.3) is 0 Å². The number of benzene rings is 2. The van der Waals surface area contributed by atoms with Crippen LogP contribution in [0.5, 0.6) is 5.75 Å². The molecule has 0 radical (unpaired) electrons. The first-order valence-electron chi connectivity index (χ1n) is 14.8. The second-order valence-electron chi connectivity index (χ2n) is 10.9. The Morgan fingerprint density at radius 1 is 1.13 bits per heavy atom. The van der Waals surface area contributed by atoms with E-state index >= 15 is 0 Å². The molecule has 0 spiro atoms. The molecule has 1 aliphatic heterocycles. The van der Waals surface area contributed by atoms with E-state index in [9.17, 15) is 14.3 Å². The monoisotopic (exact) mass is 625 g/mol. The van der Waals surface area contributed by atoms with Gasteiger partial charge in [-0.25, -0.2) is 24.1 Å². The Morgan fingerprint density at radius 3 is 2.73 bits per heavy atom. The molecule has 4 heterocycles. The zero-order valence-corrected chi connectivity index (χ0v) is 25.6. The van der Waals surface area contributed by atoms with E-state index in [0.717, 1.165) is 66.1 Å². The van der Waals surface area contributed by atoms with Crippen molar-refractivity contribution >= 4 is 28.8 Å². The number of ether oxygens (including phenoxy) is 1. The predicted octanol–water partition coefficient (Wildman–Crippen LogP) is 5.74. The van der Waals surface area contributed by atoms with Crippen molar-refractivity contribution < 1.29 is 19.0 Å². The van der Waals surface area contributed by atoms with Crippen LogP contribution in [0.4, 0.5) is 4.39 Å². The minimum atomic E-state index is -0.961. The highest BCUT2D eigenvalue weighted by Gasteiger charge is 2.23. The molecule has 2 aromatic carbocycles. The molecule has 3 aromatic heterocycles. The van der Waals surface area contributed by atoms with Crippen LogP contribution in [-0.4, -0.2) is 58.4 Å². The molecule has 5 aromatic rings. The minimum Gasteiger partial charge on any atom is -0.484 e. The number of halogens is 1. The van der Waals surface area contributed by atoms with Crippen LogP contribution in [-0.2, 0) is 26.2 Å². The number of nitriles is 1. The molecule has 230 valence electrons. The van der Waals surface area contributed by atoms with Crippen molar-refractivity contribution in [3.63, 3.8) is 0 Å². The van der Waals surface area contributed by atoms with Gasteiger partial charge in [0.2, 0.25) is 0 Å². The van der Waals surface area contributed by atoms with Gasteiger partial charge in [-0.05, 0) is 81.4 Å². The number of carbonyl (C=O) groups is 1. The van der Waals surface area contributed by atoms with Gasteiger partial charge in [0.1, 0.15) is 12.4 Å². The lowest BCUT2D eigenvalue weighted by Gasteiger charge is -2.31. The summed E-state index contributed by atoms with van der Waals surface area (Å²) in [5.41, 5.74) is 3.81. The summed E-state index contributed by atoms with van der Waals surface area (Å²) in [5, 5.41) is 19.8. The Labute approximate surface area is 264 Å². The van der Waals surface area contributed by atoms with Crippen LogP contribution in [0, 0.1) is 17.1 Å². The molecule has 1 N–H and O–H groups in total. The maximum Gasteiger partial charge on any atom is 0.335 e. The lowest BCUT2D eigenvalue weighted by atomic mass is 10.1. The number of imidazole rings is 2. The normalized spacial score (nSPS) is 14.1. The molecule has 0 bridgehead atoms. The van der Waals surface area contributed by atoms with Crippen LogP contribution in [0.1, 0.15) is 52.9 Å². The molecule has 1 aliphatic rings. The van der Waals surface area contributed by atoms with Gasteiger partial charge in [0.05, 0.1) is 64.1 Å². The predicted molar refractivity (Wildman–Crippen MR) is 168 cm³/mol. The second-order valence-corrected chi connectivity index (χ2v) is 12.2. The summed E-state index contributed by atoms with van der Waals surface area (Å²) in [5.74, 6) is -0.541. The second kappa shape index (κ2) is 13.5. The number of carboxylic acid groups (broad SMARTS) is 1. The lowest BCUT2D eigenvalue weighted by molar-refractivity contribution is 0.0697. The van der Waals surface area contributed by atoms with Crippen LogP contribution >= 0.6 is 11.8 Å². The average Bonchev–Trinajstić information content (AvgIpc) is 3.65. The molecule has 1 fully saturated rings. The Bertz CT molecular complexity index is 1870. The maximum absolute atomic E-state index is 14.2. The van der Waals surface area contributed by atoms with Gasteiger partial charge in [-0.15, -0.1) is 11.8 Å². The van der Waals surface area contributed by atoms with E-state index in [-0.39, 0.29) is 23.5 Å². The summed E-state index contributed by atoms with van der Waals surface area (Å²) in [6, 6.07) is 16.9. The summed E-state index contributed by atoms with van der Waals surface area (Å²) in [6.07, 6.45) is 5.63. The van der Waals surface area contributed by atoms with Crippen molar-refractivity contribution in [3.05, 3.63) is 101 Å². The molecule has 1 saturated heterocycles. The first-order valence-corrected chi connectivity index (χ1v) is 15.7. The summed E-state index contributed by atoms with van der Waals surface area (Å²) >= 11 is 1.75. The highest BCUT2D eigenvalue weighted by atomic mass is 32.2. The fraction of sp³-hybridized carbons (Fsp3) is 0.303. The third kappa shape index (κ3) is 7.00. The van der Waals surface area contributed by atoms with E-state index in [0.29, 0.717) is 24.0 Å². The number of pyridine rings is 1. The largest absolute Gasteiger partial charge is 0.484 e. The Kier molecular flexibility index (Phi) is 9.09. The molecular weight excluding hydrogens is 593 g/mol. The molecule has 0 amide bonds. The van der Waals surface area contributed by atoms with Crippen molar-refractivity contribution in [3.8, 4) is 11.8 Å². The lowest BCUT2D eigenvalue weighted by Crippen LogP contribution is -2.35. The molecule has 0 unspecified atom stereocenters. The fourth-order valence-electron chi connectivity index (χ4n) is 5.53. The SMILES string of the molecule is CCn1cncc1Cn1c(CN2CCC(Sc3cccc(COc4ccc(C#N)cc4F)n3)CC2)nc2ccc(C(=O)O)cc21. The molecule has 12 heteroatoms. The summed E-state index contributed by atoms with van der Waals surface area (Å²) in [7, 11) is 0. The van der Waals surface area contributed by atoms with Crippen LogP contribution in [0.25, 0.3) is 11.0 Å². The van der Waals surface area contributed by atoms with E-state index in [1.807, 2.05) is 36.8 Å². The fourth-order valence-corrected chi connectivity index (χ4v) is 6.64. The number of hydrogen-bond acceptors (Lipinski definition) is 8. The first-order chi connectivity index (χ1) is 21.9. The molecule has 0 saturated carbocycles. The average molecular weight is 626 g/mol. The van der Waals surface area contributed by atoms with Crippen molar-refractivity contribution in [2.75, 3.05) is 13.1 Å². The van der Waals surface area contributed by atoms with Crippen molar-refractivity contribution in [2.24, 2.45) is 0 Å². The molecule has 6 rings (SSSR count). The Hall–Kier alpha value is -4.73. The summed E-state index contributed by atoms with van der Waals surface area (Å²) in [6.45, 7) is 6.00. The molecule has 45 heavy (non-hydrogen) atoms. The van der Waals surface area contributed by atoms with Gasteiger partial charge in [-0.1, -0.05) is 6.07 Å². The zero-order valence-electron chi connectivity index (χ0n) is 24.8. The number of aromatic nitrogens is 5. The summed E-state index contributed by atoms with van der Waals surface area (Å²) < 4.78 is 24.0. The van der Waals surface area contributed by atoms with E-state index in [1.165, 1.54) is 12.1 Å². The first kappa shape index (κ1) is 30.3. The van der Waals surface area contributed by atoms with E-state index in [2.05, 4.69) is 25.9 Å². The Morgan fingerprint density at radius 2 is 1.98 bits per heavy atom. The van der Waals surface area contributed by atoms with Crippen LogP contribution < -0.4 is 4.74 Å². The number of thioether (sulfide) groups is 1. The quantitative estimate of drug-likeness (QED) is 0.196. The van der Waals surface area contributed by atoms with Crippen LogP contribution in [0.15, 0.2) is 72.1 Å². The molecule has 0 atom stereocenters. The number of aromatic carboxylic acids is 1. The third-order valence-electron chi connectivity index (χ3n) is 7.94. The third-order valence-corrected chi connectivity index (χ3v) is 9.21. The summed E-state index contributed by atoms with van der Waals surface area (Å²) in [4.78, 5) is 28.1. The van der Waals surface area contributed by atoms with Crippen molar-refractivity contribution in [1.29, 1.82) is 5.26 Å². The van der Waals surface area contributed by atoms with Crippen molar-refractivity contribution in [2.45, 2.75) is 56.3 Å². The highest BCUT2D eigenvalue weighted by Crippen LogP contribution is 2.31. The minimum absolute atomic E-state index is 0.0908. The number of nitrogens with zero attached hydrogens (tertiary/aromatic N) is 7. The van der Waals surface area contributed by atoms with Gasteiger partial charge < -0.3 is 19.0 Å². The van der Waals surface area contributed by atoms with Crippen LogP contribution in [0.2, 0.25) is 0 Å². The molecule has 0 aliphatic carbocycles. The highest BCUT2D eigenvalue weighted by molar-refractivity contribution is 7.99. The van der Waals surface area contributed by atoms with Gasteiger partial charge in [0.15, 0.2) is 11.6 Å². The molecule has 10 nitrogen and oxygen atoms in total. The van der Waals surface area contributed by atoms with Gasteiger partial charge >= 0.3 is 5.97 Å². The topological polar surface area (TPSA) is 122 Å². The Balaban J connectivity index is 1.09. The van der Waals surface area contributed by atoms with Gasteiger partial charge in [0, 0.05) is 18.0 Å². The van der Waals surface area contributed by atoms with Gasteiger partial charge in [-0.3, -0.25) is 4.90 Å². The van der Waals surface area contributed by atoms with Gasteiger partial charge in [-0.2, -0.15) is 5.26 Å². The number of aryl methyl sites for hydroxylation is 1. The van der Waals surface area contributed by atoms with E-state index in [1.54, 1.807) is 30.0 Å². The number of rotatable bonds is 11. The number of likely N-dealkylation sites (tertiary alicyclic amines) is 1. The number of hydrogen-bond donors (Lipinski definition) is 1. The number of piperidine rings is 1. The number of fused-ring (bicyclic) bond motifs is 1. The van der Waals surface area contributed by atoms with Crippen molar-refractivity contribution in [1.82, 2.24) is 29.0 Å².